The summed E-state index contributed by atoms with van der Waals surface area (Å²) in [5.74, 6) is 0. The Labute approximate surface area is 123 Å². The fraction of sp³-hybridized carbons (Fsp3) is 0.188. The fourth-order valence-electron chi connectivity index (χ4n) is 1.87. The molecule has 2 aromatic rings. The largest absolute Gasteiger partial charge is 0.306 e. The van der Waals surface area contributed by atoms with Gasteiger partial charge in [-0.15, -0.1) is 4.40 Å². The van der Waals surface area contributed by atoms with Crippen LogP contribution in [0.1, 0.15) is 24.1 Å². The van der Waals surface area contributed by atoms with Crippen LogP contribution in [-0.4, -0.2) is 6.08 Å². The van der Waals surface area contributed by atoms with Gasteiger partial charge >= 0.3 is 0 Å². The molecule has 0 saturated heterocycles. The first kappa shape index (κ1) is 14.5. The molecular weight excluding hydrogens is 268 g/mol. The van der Waals surface area contributed by atoms with Gasteiger partial charge in [0.15, 0.2) is 0 Å². The van der Waals surface area contributed by atoms with E-state index in [0.29, 0.717) is 0 Å². The molecule has 1 unspecified atom stereocenters. The van der Waals surface area contributed by atoms with E-state index in [1.807, 2.05) is 42.5 Å². The number of rotatable bonds is 6. The van der Waals surface area contributed by atoms with Gasteiger partial charge in [-0.05, 0) is 30.2 Å². The van der Waals surface area contributed by atoms with Gasteiger partial charge in [0.1, 0.15) is 0 Å². The molecule has 0 amide bonds. The Bertz CT molecular complexity index is 577. The van der Waals surface area contributed by atoms with Crippen LogP contribution in [0.25, 0.3) is 0 Å². The second-order valence-electron chi connectivity index (χ2n) is 4.43. The molecule has 2 rings (SSSR count). The molecule has 1 atom stereocenters. The average Bonchev–Trinajstić information content (AvgIpc) is 2.52. The van der Waals surface area contributed by atoms with Crippen LogP contribution >= 0.6 is 11.9 Å². The SMILES string of the molecule is CC(NCc1ccccc1)c1ccc(SN=C=O)cc1. The zero-order valence-corrected chi connectivity index (χ0v) is 12.1. The minimum atomic E-state index is 0.267. The first-order valence-corrected chi connectivity index (χ1v) is 7.18. The number of carbonyl (C=O) groups excluding carboxylic acids is 1. The Morgan fingerprint density at radius 3 is 2.50 bits per heavy atom. The number of hydrogen-bond donors (Lipinski definition) is 1. The molecular formula is C16H16N2OS. The van der Waals surface area contributed by atoms with Gasteiger partial charge in [0.05, 0.1) is 0 Å². The third-order valence-corrected chi connectivity index (χ3v) is 3.67. The number of benzene rings is 2. The quantitative estimate of drug-likeness (QED) is 0.497. The molecule has 0 bridgehead atoms. The van der Waals surface area contributed by atoms with Crippen molar-refractivity contribution in [3.63, 3.8) is 0 Å². The van der Waals surface area contributed by atoms with Gasteiger partial charge in [-0.2, -0.15) is 0 Å². The molecule has 4 heteroatoms. The highest BCUT2D eigenvalue weighted by Gasteiger charge is 2.04. The maximum Gasteiger partial charge on any atom is 0.247 e. The minimum Gasteiger partial charge on any atom is -0.306 e. The molecule has 0 fully saturated rings. The molecule has 0 aliphatic heterocycles. The van der Waals surface area contributed by atoms with Crippen LogP contribution in [0.4, 0.5) is 0 Å². The van der Waals surface area contributed by atoms with E-state index in [-0.39, 0.29) is 6.04 Å². The van der Waals surface area contributed by atoms with Crippen molar-refractivity contribution in [1.82, 2.24) is 5.32 Å². The second kappa shape index (κ2) is 7.65. The molecule has 0 heterocycles. The summed E-state index contributed by atoms with van der Waals surface area (Å²) in [5, 5.41) is 3.49. The lowest BCUT2D eigenvalue weighted by Crippen LogP contribution is -2.17. The normalized spacial score (nSPS) is 11.7. The number of nitrogens with one attached hydrogen (secondary N) is 1. The van der Waals surface area contributed by atoms with Crippen molar-refractivity contribution in [3.8, 4) is 0 Å². The van der Waals surface area contributed by atoms with Crippen LogP contribution in [0.15, 0.2) is 63.9 Å². The molecule has 20 heavy (non-hydrogen) atoms. The summed E-state index contributed by atoms with van der Waals surface area (Å²) in [6.45, 7) is 2.97. The molecule has 0 aromatic heterocycles. The zero-order valence-electron chi connectivity index (χ0n) is 11.2. The van der Waals surface area contributed by atoms with Crippen molar-refractivity contribution in [2.24, 2.45) is 4.40 Å². The summed E-state index contributed by atoms with van der Waals surface area (Å²) in [4.78, 5) is 11.0. The van der Waals surface area contributed by atoms with E-state index >= 15 is 0 Å². The molecule has 1 N–H and O–H groups in total. The Morgan fingerprint density at radius 2 is 1.85 bits per heavy atom. The summed E-state index contributed by atoms with van der Waals surface area (Å²) < 4.78 is 3.49. The predicted molar refractivity (Wildman–Crippen MR) is 82.1 cm³/mol. The molecule has 2 aromatic carbocycles. The highest BCUT2D eigenvalue weighted by atomic mass is 32.2. The number of isocyanates is 1. The van der Waals surface area contributed by atoms with Crippen molar-refractivity contribution < 1.29 is 4.79 Å². The molecule has 0 radical (unpaired) electrons. The molecule has 0 spiro atoms. The van der Waals surface area contributed by atoms with E-state index < -0.39 is 0 Å². The summed E-state index contributed by atoms with van der Waals surface area (Å²) in [7, 11) is 0. The third kappa shape index (κ3) is 4.35. The van der Waals surface area contributed by atoms with Gasteiger partial charge in [-0.25, -0.2) is 4.79 Å². The van der Waals surface area contributed by atoms with Gasteiger partial charge in [-0.1, -0.05) is 42.5 Å². The van der Waals surface area contributed by atoms with Gasteiger partial charge in [0.2, 0.25) is 6.08 Å². The molecule has 0 aliphatic rings. The van der Waals surface area contributed by atoms with Crippen molar-refractivity contribution in [1.29, 1.82) is 0 Å². The summed E-state index contributed by atoms with van der Waals surface area (Å²) in [6, 6.07) is 18.6. The third-order valence-electron chi connectivity index (χ3n) is 3.02. The first-order chi connectivity index (χ1) is 9.79. The van der Waals surface area contributed by atoms with Gasteiger partial charge in [-0.3, -0.25) is 0 Å². The zero-order chi connectivity index (χ0) is 14.2. The van der Waals surface area contributed by atoms with Gasteiger partial charge in [0, 0.05) is 29.4 Å². The van der Waals surface area contributed by atoms with E-state index in [1.54, 1.807) is 0 Å². The van der Waals surface area contributed by atoms with Crippen molar-refractivity contribution in [2.45, 2.75) is 24.4 Å². The topological polar surface area (TPSA) is 41.5 Å². The van der Waals surface area contributed by atoms with Gasteiger partial charge < -0.3 is 5.32 Å². The van der Waals surface area contributed by atoms with E-state index in [4.69, 9.17) is 0 Å². The Kier molecular flexibility index (Phi) is 5.56. The fourth-order valence-corrected chi connectivity index (χ4v) is 2.27. The average molecular weight is 284 g/mol. The van der Waals surface area contributed by atoms with Crippen molar-refractivity contribution >= 4 is 18.0 Å². The monoisotopic (exact) mass is 284 g/mol. The Balaban J connectivity index is 1.92. The second-order valence-corrected chi connectivity index (χ2v) is 5.27. The van der Waals surface area contributed by atoms with E-state index in [2.05, 4.69) is 28.8 Å². The highest BCUT2D eigenvalue weighted by Crippen LogP contribution is 2.21. The van der Waals surface area contributed by atoms with Crippen LogP contribution in [0.5, 0.6) is 0 Å². The lowest BCUT2D eigenvalue weighted by atomic mass is 10.1. The van der Waals surface area contributed by atoms with Crippen LogP contribution in [-0.2, 0) is 11.3 Å². The summed E-state index contributed by atoms with van der Waals surface area (Å²) in [5.41, 5.74) is 2.48. The first-order valence-electron chi connectivity index (χ1n) is 6.41. The molecule has 0 aliphatic carbocycles. The lowest BCUT2D eigenvalue weighted by molar-refractivity contribution is 0.566. The maximum atomic E-state index is 10.1. The minimum absolute atomic E-state index is 0.267. The maximum absolute atomic E-state index is 10.1. The Morgan fingerprint density at radius 1 is 1.15 bits per heavy atom. The standard InChI is InChI=1S/C16H16N2OS/c1-13(17-11-14-5-3-2-4-6-14)15-7-9-16(10-8-15)20-18-12-19/h2-10,13,17H,11H2,1H3. The van der Waals surface area contributed by atoms with Crippen LogP contribution in [0.3, 0.4) is 0 Å². The molecule has 102 valence electrons. The van der Waals surface area contributed by atoms with E-state index in [9.17, 15) is 4.79 Å². The number of nitrogens with zero attached hydrogens (tertiary/aromatic N) is 1. The van der Waals surface area contributed by atoms with Crippen molar-refractivity contribution in [2.75, 3.05) is 0 Å². The van der Waals surface area contributed by atoms with Crippen molar-refractivity contribution in [3.05, 3.63) is 65.7 Å². The highest BCUT2D eigenvalue weighted by molar-refractivity contribution is 7.98. The predicted octanol–water partition coefficient (Wildman–Crippen LogP) is 3.88. The number of hydrogen-bond acceptors (Lipinski definition) is 4. The molecule has 0 saturated carbocycles. The Hall–Kier alpha value is -1.87. The molecule has 3 nitrogen and oxygen atoms in total. The van der Waals surface area contributed by atoms with Crippen LogP contribution < -0.4 is 5.32 Å². The summed E-state index contributed by atoms with van der Waals surface area (Å²) in [6.07, 6.45) is 1.52. The van der Waals surface area contributed by atoms with Crippen LogP contribution in [0.2, 0.25) is 0 Å². The van der Waals surface area contributed by atoms with E-state index in [1.165, 1.54) is 17.2 Å². The lowest BCUT2D eigenvalue weighted by Gasteiger charge is -2.14. The smallest absolute Gasteiger partial charge is 0.247 e. The van der Waals surface area contributed by atoms with E-state index in [0.717, 1.165) is 23.4 Å². The van der Waals surface area contributed by atoms with Crippen LogP contribution in [0, 0.1) is 0 Å². The summed E-state index contributed by atoms with van der Waals surface area (Å²) >= 11 is 1.13. The van der Waals surface area contributed by atoms with Gasteiger partial charge in [0.25, 0.3) is 0 Å².